The number of benzene rings is 1. The van der Waals surface area contributed by atoms with Crippen LogP contribution < -0.4 is 15.4 Å². The van der Waals surface area contributed by atoms with Gasteiger partial charge in [0.05, 0.1) is 0 Å². The van der Waals surface area contributed by atoms with E-state index in [4.69, 9.17) is 4.74 Å². The molecule has 5 nitrogen and oxygen atoms in total. The Labute approximate surface area is 155 Å². The third-order valence-electron chi connectivity index (χ3n) is 3.19. The number of amides is 1. The molecule has 0 saturated heterocycles. The van der Waals surface area contributed by atoms with Crippen LogP contribution in [-0.2, 0) is 11.3 Å². The van der Waals surface area contributed by atoms with Crippen LogP contribution in [-0.4, -0.2) is 24.5 Å². The molecule has 0 aliphatic rings. The zero-order valence-corrected chi connectivity index (χ0v) is 15.3. The smallest absolute Gasteiger partial charge is 0.224 e. The fourth-order valence-corrected chi connectivity index (χ4v) is 1.95. The summed E-state index contributed by atoms with van der Waals surface area (Å²) in [6, 6.07) is 13.2. The zero-order valence-electron chi connectivity index (χ0n) is 13.7. The molecule has 1 amide bonds. The number of pyridine rings is 1. The molecular formula is C17H23Cl2N3O2. The fraction of sp³-hybridized carbons (Fsp3) is 0.294. The number of rotatable bonds is 7. The third kappa shape index (κ3) is 7.17. The second kappa shape index (κ2) is 11.7. The maximum atomic E-state index is 11.8. The lowest BCUT2D eigenvalue weighted by atomic mass is 10.1. The predicted octanol–water partition coefficient (Wildman–Crippen LogP) is 3.19. The van der Waals surface area contributed by atoms with Gasteiger partial charge in [0.1, 0.15) is 5.75 Å². The molecule has 0 fully saturated rings. The summed E-state index contributed by atoms with van der Waals surface area (Å²) in [5.41, 5.74) is 0.936. The van der Waals surface area contributed by atoms with E-state index >= 15 is 0 Å². The molecule has 1 aromatic carbocycles. The Bertz CT molecular complexity index is 595. The molecule has 0 bridgehead atoms. The number of ether oxygens (including phenoxy) is 1. The molecule has 1 heterocycles. The number of carbonyl (C=O) groups excluding carboxylic acids is 1. The Morgan fingerprint density at radius 1 is 1.17 bits per heavy atom. The summed E-state index contributed by atoms with van der Waals surface area (Å²) in [6.07, 6.45) is 1.71. The van der Waals surface area contributed by atoms with Crippen molar-refractivity contribution in [2.75, 3.05) is 13.6 Å². The van der Waals surface area contributed by atoms with Gasteiger partial charge in [-0.1, -0.05) is 31.2 Å². The van der Waals surface area contributed by atoms with Crippen LogP contribution in [0.15, 0.2) is 48.7 Å². The minimum atomic E-state index is -0.0568. The van der Waals surface area contributed by atoms with Crippen LogP contribution >= 0.6 is 24.8 Å². The summed E-state index contributed by atoms with van der Waals surface area (Å²) >= 11 is 0. The van der Waals surface area contributed by atoms with E-state index in [0.29, 0.717) is 19.0 Å². The average Bonchev–Trinajstić information content (AvgIpc) is 2.55. The van der Waals surface area contributed by atoms with Crippen molar-refractivity contribution >= 4 is 30.7 Å². The normalized spacial score (nSPS) is 10.8. The Hall–Kier alpha value is -1.82. The molecule has 1 aromatic heterocycles. The van der Waals surface area contributed by atoms with Gasteiger partial charge in [0, 0.05) is 31.3 Å². The fourth-order valence-electron chi connectivity index (χ4n) is 1.95. The molecule has 0 saturated carbocycles. The monoisotopic (exact) mass is 371 g/mol. The van der Waals surface area contributed by atoms with Gasteiger partial charge in [0.25, 0.3) is 0 Å². The highest BCUT2D eigenvalue weighted by atomic mass is 35.5. The maximum Gasteiger partial charge on any atom is 0.224 e. The van der Waals surface area contributed by atoms with E-state index in [-0.39, 0.29) is 36.6 Å². The maximum absolute atomic E-state index is 11.8. The van der Waals surface area contributed by atoms with E-state index in [1.807, 2.05) is 50.4 Å². The Morgan fingerprint density at radius 3 is 2.46 bits per heavy atom. The van der Waals surface area contributed by atoms with E-state index in [1.54, 1.807) is 12.3 Å². The molecule has 2 N–H and O–H groups in total. The van der Waals surface area contributed by atoms with Crippen molar-refractivity contribution in [3.05, 3.63) is 54.2 Å². The molecule has 1 atom stereocenters. The number of nitrogens with zero attached hydrogens (tertiary/aromatic N) is 1. The predicted molar refractivity (Wildman–Crippen MR) is 100 cm³/mol. The summed E-state index contributed by atoms with van der Waals surface area (Å²) in [4.78, 5) is 16.1. The Kier molecular flexibility index (Phi) is 10.8. The number of hydrogen-bond donors (Lipinski definition) is 2. The molecule has 2 aromatic rings. The van der Waals surface area contributed by atoms with Gasteiger partial charge >= 0.3 is 0 Å². The van der Waals surface area contributed by atoms with Crippen LogP contribution in [0.5, 0.6) is 11.6 Å². The number of carbonyl (C=O) groups is 1. The topological polar surface area (TPSA) is 63.2 Å². The molecule has 7 heteroatoms. The lowest BCUT2D eigenvalue weighted by Crippen LogP contribution is -2.33. The second-order valence-electron chi connectivity index (χ2n) is 5.10. The van der Waals surface area contributed by atoms with E-state index in [9.17, 15) is 4.79 Å². The first-order valence-corrected chi connectivity index (χ1v) is 7.29. The molecular weight excluding hydrogens is 349 g/mol. The quantitative estimate of drug-likeness (QED) is 0.784. The molecule has 0 aliphatic carbocycles. The lowest BCUT2D eigenvalue weighted by Gasteiger charge is -2.11. The van der Waals surface area contributed by atoms with Crippen LogP contribution in [0.1, 0.15) is 12.5 Å². The number of halogens is 2. The van der Waals surface area contributed by atoms with Gasteiger partial charge in [-0.15, -0.1) is 24.8 Å². The first-order chi connectivity index (χ1) is 10.7. The van der Waals surface area contributed by atoms with Crippen molar-refractivity contribution in [1.29, 1.82) is 0 Å². The van der Waals surface area contributed by atoms with Crippen LogP contribution in [0, 0.1) is 5.92 Å². The van der Waals surface area contributed by atoms with Gasteiger partial charge in [0.15, 0.2) is 0 Å². The van der Waals surface area contributed by atoms with Gasteiger partial charge in [-0.25, -0.2) is 4.98 Å². The van der Waals surface area contributed by atoms with Gasteiger partial charge in [-0.2, -0.15) is 0 Å². The average molecular weight is 372 g/mol. The van der Waals surface area contributed by atoms with Gasteiger partial charge in [-0.3, -0.25) is 4.79 Å². The highest BCUT2D eigenvalue weighted by molar-refractivity contribution is 5.85. The summed E-state index contributed by atoms with van der Waals surface area (Å²) in [6.45, 7) is 3.01. The molecule has 2 rings (SSSR count). The number of hydrogen-bond acceptors (Lipinski definition) is 4. The van der Waals surface area contributed by atoms with Crippen molar-refractivity contribution in [3.63, 3.8) is 0 Å². The molecule has 0 spiro atoms. The highest BCUT2D eigenvalue weighted by Crippen LogP contribution is 2.18. The van der Waals surface area contributed by atoms with Crippen LogP contribution in [0.4, 0.5) is 0 Å². The second-order valence-corrected chi connectivity index (χ2v) is 5.10. The molecule has 24 heavy (non-hydrogen) atoms. The summed E-state index contributed by atoms with van der Waals surface area (Å²) in [7, 11) is 1.83. The van der Waals surface area contributed by atoms with Crippen LogP contribution in [0.2, 0.25) is 0 Å². The SMILES string of the molecule is CNCC(C)C(=O)NCc1ccc(Oc2ccccc2)nc1.Cl.Cl. The Balaban J connectivity index is 0.00000264. The number of aromatic nitrogens is 1. The minimum absolute atomic E-state index is 0. The largest absolute Gasteiger partial charge is 0.439 e. The third-order valence-corrected chi connectivity index (χ3v) is 3.19. The van der Waals surface area contributed by atoms with Gasteiger partial charge < -0.3 is 15.4 Å². The highest BCUT2D eigenvalue weighted by Gasteiger charge is 2.11. The van der Waals surface area contributed by atoms with E-state index < -0.39 is 0 Å². The minimum Gasteiger partial charge on any atom is -0.439 e. The molecule has 132 valence electrons. The molecule has 1 unspecified atom stereocenters. The standard InChI is InChI=1S/C17H21N3O2.2ClH/c1-13(10-18-2)17(21)20-12-14-8-9-16(19-11-14)22-15-6-4-3-5-7-15;;/h3-9,11,13,18H,10,12H2,1-2H3,(H,20,21);2*1H. The number of para-hydroxylation sites is 1. The van der Waals surface area contributed by atoms with E-state index in [2.05, 4.69) is 15.6 Å². The summed E-state index contributed by atoms with van der Waals surface area (Å²) in [5.74, 6) is 1.25. The van der Waals surface area contributed by atoms with Crippen molar-refractivity contribution in [2.24, 2.45) is 5.92 Å². The lowest BCUT2D eigenvalue weighted by molar-refractivity contribution is -0.124. The van der Waals surface area contributed by atoms with Crippen molar-refractivity contribution < 1.29 is 9.53 Å². The van der Waals surface area contributed by atoms with Gasteiger partial charge in [0.2, 0.25) is 11.8 Å². The first-order valence-electron chi connectivity index (χ1n) is 7.29. The summed E-state index contributed by atoms with van der Waals surface area (Å²) in [5, 5.41) is 5.88. The Morgan fingerprint density at radius 2 is 1.88 bits per heavy atom. The number of nitrogens with one attached hydrogen (secondary N) is 2. The first kappa shape index (κ1) is 22.2. The van der Waals surface area contributed by atoms with Crippen LogP contribution in [0.3, 0.4) is 0 Å². The van der Waals surface area contributed by atoms with Crippen molar-refractivity contribution in [3.8, 4) is 11.6 Å². The van der Waals surface area contributed by atoms with E-state index in [1.165, 1.54) is 0 Å². The molecule has 0 aliphatic heterocycles. The zero-order chi connectivity index (χ0) is 15.8. The molecule has 0 radical (unpaired) electrons. The van der Waals surface area contributed by atoms with E-state index in [0.717, 1.165) is 11.3 Å². The summed E-state index contributed by atoms with van der Waals surface area (Å²) < 4.78 is 5.62. The van der Waals surface area contributed by atoms with Crippen LogP contribution in [0.25, 0.3) is 0 Å². The van der Waals surface area contributed by atoms with Crippen molar-refractivity contribution in [1.82, 2.24) is 15.6 Å². The van der Waals surface area contributed by atoms with Crippen molar-refractivity contribution in [2.45, 2.75) is 13.5 Å². The van der Waals surface area contributed by atoms with Gasteiger partial charge in [-0.05, 0) is 24.7 Å².